The molecule has 2 aromatic carbocycles. The van der Waals surface area contributed by atoms with Crippen LogP contribution >= 0.6 is 11.6 Å². The first-order chi connectivity index (χ1) is 13.7. The van der Waals surface area contributed by atoms with Crippen LogP contribution in [-0.4, -0.2) is 43.0 Å². The molecule has 0 radical (unpaired) electrons. The number of rotatable bonds is 6. The number of hydrogen-bond donors (Lipinski definition) is 0. The summed E-state index contributed by atoms with van der Waals surface area (Å²) in [6.07, 6.45) is 0. The second-order valence-electron chi connectivity index (χ2n) is 6.28. The average molecular weight is 436 g/mol. The molecule has 0 aliphatic carbocycles. The third kappa shape index (κ3) is 4.47. The molecule has 0 aliphatic rings. The summed E-state index contributed by atoms with van der Waals surface area (Å²) in [5.41, 5.74) is 1.77. The number of ether oxygens (including phenoxy) is 1. The number of aryl methyl sites for hydroxylation is 1. The highest BCUT2D eigenvalue weighted by molar-refractivity contribution is 7.89. The minimum Gasteiger partial charge on any atom is -0.465 e. The summed E-state index contributed by atoms with van der Waals surface area (Å²) in [5.74, 6) is -0.224. The van der Waals surface area contributed by atoms with Gasteiger partial charge in [0.15, 0.2) is 0 Å². The van der Waals surface area contributed by atoms with E-state index in [1.807, 2.05) is 31.2 Å². The molecule has 1 heterocycles. The van der Waals surface area contributed by atoms with Crippen LogP contribution < -0.4 is 0 Å². The molecule has 0 amide bonds. The van der Waals surface area contributed by atoms with Crippen molar-refractivity contribution in [2.75, 3.05) is 14.2 Å². The predicted molar refractivity (Wildman–Crippen MR) is 106 cm³/mol. The molecular formula is C19H18ClN3O5S. The highest BCUT2D eigenvalue weighted by Gasteiger charge is 2.25. The fraction of sp³-hybridized carbons (Fsp3) is 0.211. The van der Waals surface area contributed by atoms with Gasteiger partial charge in [0.2, 0.25) is 21.7 Å². The number of halogens is 1. The maximum absolute atomic E-state index is 12.9. The standard InChI is InChI=1S/C19H18ClN3O5S/c1-12-5-4-6-13(9-12)18-21-17(28-22-18)11-23(2)29(25,26)14-7-8-16(20)15(10-14)19(24)27-3/h4-10H,11H2,1-3H3. The Balaban J connectivity index is 1.83. The largest absolute Gasteiger partial charge is 0.465 e. The summed E-state index contributed by atoms with van der Waals surface area (Å²) in [5, 5.41) is 4.00. The highest BCUT2D eigenvalue weighted by Crippen LogP contribution is 2.24. The maximum Gasteiger partial charge on any atom is 0.339 e. The molecule has 8 nitrogen and oxygen atoms in total. The molecule has 10 heteroatoms. The summed E-state index contributed by atoms with van der Waals surface area (Å²) in [6, 6.07) is 11.4. The van der Waals surface area contributed by atoms with Gasteiger partial charge in [-0.1, -0.05) is 40.5 Å². The zero-order valence-corrected chi connectivity index (χ0v) is 17.5. The minimum atomic E-state index is -3.94. The van der Waals surface area contributed by atoms with Gasteiger partial charge in [0, 0.05) is 12.6 Å². The van der Waals surface area contributed by atoms with Crippen molar-refractivity contribution in [2.45, 2.75) is 18.4 Å². The maximum atomic E-state index is 12.9. The third-order valence-corrected chi connectivity index (χ3v) is 6.28. The van der Waals surface area contributed by atoms with Gasteiger partial charge in [-0.15, -0.1) is 0 Å². The number of hydrogen-bond acceptors (Lipinski definition) is 7. The molecule has 29 heavy (non-hydrogen) atoms. The SMILES string of the molecule is COC(=O)c1cc(S(=O)(=O)N(C)Cc2nc(-c3cccc(C)c3)no2)ccc1Cl. The fourth-order valence-electron chi connectivity index (χ4n) is 2.61. The van der Waals surface area contributed by atoms with Gasteiger partial charge in [0.25, 0.3) is 0 Å². The molecule has 3 aromatic rings. The van der Waals surface area contributed by atoms with Crippen LogP contribution in [0.1, 0.15) is 21.8 Å². The number of carbonyl (C=O) groups excluding carboxylic acids is 1. The molecule has 0 fully saturated rings. The van der Waals surface area contributed by atoms with Gasteiger partial charge < -0.3 is 9.26 Å². The summed E-state index contributed by atoms with van der Waals surface area (Å²) in [7, 11) is -1.38. The van der Waals surface area contributed by atoms with E-state index in [1.54, 1.807) is 0 Å². The Hall–Kier alpha value is -2.75. The highest BCUT2D eigenvalue weighted by atomic mass is 35.5. The molecule has 0 aliphatic heterocycles. The van der Waals surface area contributed by atoms with E-state index in [9.17, 15) is 13.2 Å². The Morgan fingerprint density at radius 3 is 2.69 bits per heavy atom. The van der Waals surface area contributed by atoms with Crippen LogP contribution in [0.5, 0.6) is 0 Å². The first kappa shape index (κ1) is 21.0. The first-order valence-corrected chi connectivity index (χ1v) is 10.3. The van der Waals surface area contributed by atoms with Gasteiger partial charge in [-0.2, -0.15) is 9.29 Å². The van der Waals surface area contributed by atoms with Gasteiger partial charge in [-0.3, -0.25) is 0 Å². The van der Waals surface area contributed by atoms with Crippen LogP contribution in [0.25, 0.3) is 11.4 Å². The summed E-state index contributed by atoms with van der Waals surface area (Å²) < 4.78 is 36.6. The number of carbonyl (C=O) groups is 1. The van der Waals surface area contributed by atoms with Crippen molar-refractivity contribution in [3.05, 3.63) is 64.5 Å². The lowest BCUT2D eigenvalue weighted by atomic mass is 10.1. The van der Waals surface area contributed by atoms with Crippen molar-refractivity contribution in [1.82, 2.24) is 14.4 Å². The molecule has 0 spiro atoms. The van der Waals surface area contributed by atoms with E-state index >= 15 is 0 Å². The van der Waals surface area contributed by atoms with E-state index in [0.29, 0.717) is 5.82 Å². The van der Waals surface area contributed by atoms with Crippen molar-refractivity contribution in [3.63, 3.8) is 0 Å². The van der Waals surface area contributed by atoms with E-state index in [0.717, 1.165) is 15.4 Å². The van der Waals surface area contributed by atoms with Gasteiger partial charge in [-0.25, -0.2) is 13.2 Å². The van der Waals surface area contributed by atoms with E-state index in [1.165, 1.54) is 32.4 Å². The Bertz CT molecular complexity index is 1160. The van der Waals surface area contributed by atoms with Gasteiger partial charge in [0.1, 0.15) is 0 Å². The van der Waals surface area contributed by atoms with Crippen LogP contribution in [0.2, 0.25) is 5.02 Å². The molecule has 0 bridgehead atoms. The lowest BCUT2D eigenvalue weighted by molar-refractivity contribution is 0.0600. The topological polar surface area (TPSA) is 103 Å². The lowest BCUT2D eigenvalue weighted by Gasteiger charge is -2.16. The molecule has 0 saturated carbocycles. The van der Waals surface area contributed by atoms with Gasteiger partial charge in [0.05, 0.1) is 29.1 Å². The molecule has 3 rings (SSSR count). The van der Waals surface area contributed by atoms with Crippen LogP contribution in [0.3, 0.4) is 0 Å². The number of esters is 1. The minimum absolute atomic E-state index is 0.0387. The van der Waals surface area contributed by atoms with Gasteiger partial charge >= 0.3 is 5.97 Å². The zero-order valence-electron chi connectivity index (χ0n) is 15.9. The molecule has 0 atom stereocenters. The van der Waals surface area contributed by atoms with Crippen LogP contribution in [0.15, 0.2) is 51.9 Å². The van der Waals surface area contributed by atoms with Crippen molar-refractivity contribution in [2.24, 2.45) is 0 Å². The van der Waals surface area contributed by atoms with Crippen LogP contribution in [0, 0.1) is 6.92 Å². The smallest absolute Gasteiger partial charge is 0.339 e. The normalized spacial score (nSPS) is 11.6. The van der Waals surface area contributed by atoms with E-state index in [2.05, 4.69) is 14.9 Å². The quantitative estimate of drug-likeness (QED) is 0.547. The van der Waals surface area contributed by atoms with Crippen molar-refractivity contribution in [3.8, 4) is 11.4 Å². The number of aromatic nitrogens is 2. The molecule has 152 valence electrons. The fourth-order valence-corrected chi connectivity index (χ4v) is 3.95. The second-order valence-corrected chi connectivity index (χ2v) is 8.73. The summed E-state index contributed by atoms with van der Waals surface area (Å²) in [6.45, 7) is 1.80. The second kappa shape index (κ2) is 8.32. The lowest BCUT2D eigenvalue weighted by Crippen LogP contribution is -2.27. The zero-order chi connectivity index (χ0) is 21.2. The molecule has 1 aromatic heterocycles. The molecule has 0 N–H and O–H groups in total. The van der Waals surface area contributed by atoms with Crippen molar-refractivity contribution < 1.29 is 22.5 Å². The molecule has 0 unspecified atom stereocenters. The van der Waals surface area contributed by atoms with E-state index < -0.39 is 16.0 Å². The van der Waals surface area contributed by atoms with Crippen molar-refractivity contribution >= 4 is 27.6 Å². The third-order valence-electron chi connectivity index (χ3n) is 4.15. The Labute approximate surface area is 173 Å². The van der Waals surface area contributed by atoms with E-state index in [-0.39, 0.29) is 27.9 Å². The number of sulfonamides is 1. The Morgan fingerprint density at radius 1 is 1.24 bits per heavy atom. The van der Waals surface area contributed by atoms with Crippen LogP contribution in [-0.2, 0) is 21.3 Å². The predicted octanol–water partition coefficient (Wildman–Crippen LogP) is 3.31. The number of nitrogens with zero attached hydrogens (tertiary/aromatic N) is 3. The Kier molecular flexibility index (Phi) is 6.02. The van der Waals surface area contributed by atoms with Gasteiger partial charge in [-0.05, 0) is 31.2 Å². The Morgan fingerprint density at radius 2 is 2.00 bits per heavy atom. The van der Waals surface area contributed by atoms with Crippen molar-refractivity contribution in [1.29, 1.82) is 0 Å². The summed E-state index contributed by atoms with van der Waals surface area (Å²) in [4.78, 5) is 15.9. The monoisotopic (exact) mass is 435 g/mol. The average Bonchev–Trinajstić information content (AvgIpc) is 3.16. The number of methoxy groups -OCH3 is 1. The van der Waals surface area contributed by atoms with E-state index in [4.69, 9.17) is 16.1 Å². The van der Waals surface area contributed by atoms with Crippen LogP contribution in [0.4, 0.5) is 0 Å². The molecule has 0 saturated heterocycles. The first-order valence-electron chi connectivity index (χ1n) is 8.46. The number of benzene rings is 2. The summed E-state index contributed by atoms with van der Waals surface area (Å²) >= 11 is 5.96. The molecular weight excluding hydrogens is 418 g/mol.